The third-order valence-electron chi connectivity index (χ3n) is 4.65. The number of fused-ring (bicyclic) bond motifs is 2. The molecule has 2 fully saturated rings. The Kier molecular flexibility index (Phi) is 2.87. The summed E-state index contributed by atoms with van der Waals surface area (Å²) in [6, 6.07) is 6.28. The molecule has 1 aromatic rings. The summed E-state index contributed by atoms with van der Waals surface area (Å²) in [6.07, 6.45) is -1.35. The third-order valence-corrected chi connectivity index (χ3v) is 4.65. The van der Waals surface area contributed by atoms with E-state index in [1.54, 1.807) is 6.07 Å². The molecule has 0 aromatic heterocycles. The largest absolute Gasteiger partial charge is 0.416 e. The molecule has 104 valence electrons. The molecule has 2 aliphatic heterocycles. The van der Waals surface area contributed by atoms with Crippen molar-refractivity contribution in [2.45, 2.75) is 42.9 Å². The van der Waals surface area contributed by atoms with Crippen molar-refractivity contribution in [1.82, 2.24) is 5.32 Å². The van der Waals surface area contributed by atoms with Gasteiger partial charge in [0.15, 0.2) is 0 Å². The van der Waals surface area contributed by atoms with Gasteiger partial charge in [-0.15, -0.1) is 0 Å². The van der Waals surface area contributed by atoms with E-state index in [1.807, 2.05) is 0 Å². The lowest BCUT2D eigenvalue weighted by molar-refractivity contribution is -0.137. The summed E-state index contributed by atoms with van der Waals surface area (Å²) < 4.78 is 38.5. The van der Waals surface area contributed by atoms with Gasteiger partial charge in [-0.25, -0.2) is 0 Å². The van der Waals surface area contributed by atoms with Crippen molar-refractivity contribution in [3.63, 3.8) is 0 Å². The predicted octanol–water partition coefficient (Wildman–Crippen LogP) is 2.43. The Morgan fingerprint density at radius 1 is 1.32 bits per heavy atom. The first-order valence-electron chi connectivity index (χ1n) is 6.59. The van der Waals surface area contributed by atoms with Crippen molar-refractivity contribution < 1.29 is 13.2 Å². The van der Waals surface area contributed by atoms with Crippen LogP contribution in [-0.2, 0) is 11.6 Å². The van der Waals surface area contributed by atoms with Crippen LogP contribution in [-0.4, -0.2) is 18.6 Å². The Morgan fingerprint density at radius 2 is 2.11 bits per heavy atom. The van der Waals surface area contributed by atoms with Crippen LogP contribution in [0.3, 0.4) is 0 Å². The normalized spacial score (nSPS) is 33.9. The van der Waals surface area contributed by atoms with Gasteiger partial charge in [-0.3, -0.25) is 0 Å². The first kappa shape index (κ1) is 12.9. The standard InChI is InChI=1S/C14H17F3N2/c15-14(16,17)10-3-1-2-9(6-10)13(8-18)7-11-4-5-12(13)19-11/h1-3,6,11-12,19H,4-5,7-8,18H2. The Balaban J connectivity index is 2.01. The molecule has 0 spiro atoms. The SMILES string of the molecule is NCC1(c2cccc(C(F)(F)F)c2)CC2CCC1N2. The molecule has 2 nitrogen and oxygen atoms in total. The highest BCUT2D eigenvalue weighted by Crippen LogP contribution is 2.45. The van der Waals surface area contributed by atoms with Gasteiger partial charge in [-0.1, -0.05) is 18.2 Å². The van der Waals surface area contributed by atoms with Crippen LogP contribution in [0.25, 0.3) is 0 Å². The maximum absolute atomic E-state index is 12.8. The van der Waals surface area contributed by atoms with Crippen LogP contribution in [0.4, 0.5) is 13.2 Å². The molecule has 3 N–H and O–H groups in total. The highest BCUT2D eigenvalue weighted by molar-refractivity contribution is 5.36. The first-order chi connectivity index (χ1) is 8.95. The smallest absolute Gasteiger partial charge is 0.330 e. The van der Waals surface area contributed by atoms with Crippen LogP contribution in [0, 0.1) is 0 Å². The van der Waals surface area contributed by atoms with Gasteiger partial charge in [0.2, 0.25) is 0 Å². The van der Waals surface area contributed by atoms with Gasteiger partial charge in [0.05, 0.1) is 5.56 Å². The van der Waals surface area contributed by atoms with E-state index in [0.717, 1.165) is 30.9 Å². The zero-order valence-corrected chi connectivity index (χ0v) is 10.5. The van der Waals surface area contributed by atoms with Gasteiger partial charge >= 0.3 is 6.18 Å². The van der Waals surface area contributed by atoms with E-state index in [-0.39, 0.29) is 11.5 Å². The van der Waals surface area contributed by atoms with Gasteiger partial charge < -0.3 is 11.1 Å². The number of alkyl halides is 3. The first-order valence-corrected chi connectivity index (χ1v) is 6.59. The van der Waals surface area contributed by atoms with Crippen LogP contribution >= 0.6 is 0 Å². The topological polar surface area (TPSA) is 38.0 Å². The van der Waals surface area contributed by atoms with E-state index in [9.17, 15) is 13.2 Å². The van der Waals surface area contributed by atoms with E-state index >= 15 is 0 Å². The van der Waals surface area contributed by atoms with Gasteiger partial charge in [0.25, 0.3) is 0 Å². The number of hydrogen-bond donors (Lipinski definition) is 2. The number of nitrogens with two attached hydrogens (primary N) is 1. The second kappa shape index (κ2) is 4.21. The molecule has 2 bridgehead atoms. The lowest BCUT2D eigenvalue weighted by Crippen LogP contribution is -2.45. The van der Waals surface area contributed by atoms with E-state index in [4.69, 9.17) is 5.73 Å². The molecule has 0 aliphatic carbocycles. The van der Waals surface area contributed by atoms with Crippen molar-refractivity contribution in [3.05, 3.63) is 35.4 Å². The number of hydrogen-bond acceptors (Lipinski definition) is 2. The molecular weight excluding hydrogens is 253 g/mol. The van der Waals surface area contributed by atoms with Gasteiger partial charge in [-0.2, -0.15) is 13.2 Å². The lowest BCUT2D eigenvalue weighted by atomic mass is 9.69. The maximum Gasteiger partial charge on any atom is 0.416 e. The number of rotatable bonds is 2. The summed E-state index contributed by atoms with van der Waals surface area (Å²) in [6.45, 7) is 0.391. The molecule has 0 radical (unpaired) electrons. The van der Waals surface area contributed by atoms with Crippen LogP contribution in [0.1, 0.15) is 30.4 Å². The van der Waals surface area contributed by atoms with Crippen LogP contribution in [0.5, 0.6) is 0 Å². The Labute approximate surface area is 110 Å². The Hall–Kier alpha value is -1.07. The van der Waals surface area contributed by atoms with E-state index < -0.39 is 11.7 Å². The monoisotopic (exact) mass is 270 g/mol. The van der Waals surface area contributed by atoms with Gasteiger partial charge in [0, 0.05) is 24.0 Å². The number of halogens is 3. The zero-order valence-electron chi connectivity index (χ0n) is 10.5. The van der Waals surface area contributed by atoms with Crippen molar-refractivity contribution in [3.8, 4) is 0 Å². The molecule has 3 unspecified atom stereocenters. The molecule has 0 amide bonds. The fourth-order valence-electron chi connectivity index (χ4n) is 3.67. The van der Waals surface area contributed by atoms with Crippen molar-refractivity contribution >= 4 is 0 Å². The Bertz CT molecular complexity index is 486. The molecule has 19 heavy (non-hydrogen) atoms. The molecule has 3 rings (SSSR count). The quantitative estimate of drug-likeness (QED) is 0.866. The van der Waals surface area contributed by atoms with E-state index in [1.165, 1.54) is 12.1 Å². The third kappa shape index (κ3) is 1.96. The van der Waals surface area contributed by atoms with Crippen molar-refractivity contribution in [2.75, 3.05) is 6.54 Å². The molecule has 2 saturated heterocycles. The summed E-state index contributed by atoms with van der Waals surface area (Å²) in [4.78, 5) is 0. The van der Waals surface area contributed by atoms with Crippen LogP contribution < -0.4 is 11.1 Å². The van der Waals surface area contributed by atoms with Crippen molar-refractivity contribution in [2.24, 2.45) is 5.73 Å². The fraction of sp³-hybridized carbons (Fsp3) is 0.571. The minimum absolute atomic E-state index is 0.214. The second-order valence-corrected chi connectivity index (χ2v) is 5.64. The highest BCUT2D eigenvalue weighted by Gasteiger charge is 2.51. The second-order valence-electron chi connectivity index (χ2n) is 5.64. The zero-order chi connectivity index (χ0) is 13.7. The average molecular weight is 270 g/mol. The summed E-state index contributed by atoms with van der Waals surface area (Å²) >= 11 is 0. The number of benzene rings is 1. The Morgan fingerprint density at radius 3 is 2.63 bits per heavy atom. The van der Waals surface area contributed by atoms with E-state index in [2.05, 4.69) is 5.32 Å². The molecule has 3 atom stereocenters. The number of nitrogens with one attached hydrogen (secondary N) is 1. The molecule has 2 aliphatic rings. The predicted molar refractivity (Wildman–Crippen MR) is 66.7 cm³/mol. The van der Waals surface area contributed by atoms with Gasteiger partial charge in [-0.05, 0) is 30.9 Å². The van der Waals surface area contributed by atoms with Crippen molar-refractivity contribution in [1.29, 1.82) is 0 Å². The minimum Gasteiger partial charge on any atom is -0.330 e. The molecule has 1 aromatic carbocycles. The molecule has 2 heterocycles. The van der Waals surface area contributed by atoms with Gasteiger partial charge in [0.1, 0.15) is 0 Å². The summed E-state index contributed by atoms with van der Waals surface area (Å²) in [5.41, 5.74) is 5.74. The summed E-state index contributed by atoms with van der Waals surface area (Å²) in [5.74, 6) is 0. The minimum atomic E-state index is -4.29. The lowest BCUT2D eigenvalue weighted by Gasteiger charge is -2.36. The molecular formula is C14H17F3N2. The molecule has 0 saturated carbocycles. The molecule has 5 heteroatoms. The van der Waals surface area contributed by atoms with Crippen LogP contribution in [0.15, 0.2) is 24.3 Å². The summed E-state index contributed by atoms with van der Waals surface area (Å²) in [5, 5.41) is 3.47. The average Bonchev–Trinajstić information content (AvgIpc) is 2.98. The fourth-order valence-corrected chi connectivity index (χ4v) is 3.67. The maximum atomic E-state index is 12.8. The summed E-state index contributed by atoms with van der Waals surface area (Å²) in [7, 11) is 0. The highest BCUT2D eigenvalue weighted by atomic mass is 19.4. The van der Waals surface area contributed by atoms with E-state index in [0.29, 0.717) is 12.6 Å². The van der Waals surface area contributed by atoms with Crippen LogP contribution in [0.2, 0.25) is 0 Å².